The lowest BCUT2D eigenvalue weighted by molar-refractivity contribution is 0.624. The van der Waals surface area contributed by atoms with E-state index in [1.807, 2.05) is 0 Å². The Labute approximate surface area is 61.9 Å². The molecule has 0 rings (SSSR count). The van der Waals surface area contributed by atoms with Crippen LogP contribution < -0.4 is 0 Å². The molecule has 0 aliphatic carbocycles. The number of alkyl halides is 2. The van der Waals surface area contributed by atoms with E-state index in [0.29, 0.717) is 3.74 Å². The van der Waals surface area contributed by atoms with Gasteiger partial charge in [-0.15, -0.1) is 0 Å². The summed E-state index contributed by atoms with van der Waals surface area (Å²) in [5, 5.41) is 0. The highest BCUT2D eigenvalue weighted by Crippen LogP contribution is 2.20. The summed E-state index contributed by atoms with van der Waals surface area (Å²) in [5.74, 6) is 0.736. The predicted octanol–water partition coefficient (Wildman–Crippen LogP) is 3.15. The summed E-state index contributed by atoms with van der Waals surface area (Å²) in [6.45, 7) is 4.38. The van der Waals surface area contributed by atoms with Gasteiger partial charge in [-0.2, -0.15) is 0 Å². The Morgan fingerprint density at radius 1 is 1.43 bits per heavy atom. The third kappa shape index (κ3) is 3.53. The molecule has 0 aliphatic heterocycles. The number of hydrogen-bond acceptors (Lipinski definition) is 0. The maximum atomic E-state index is 3.42. The zero-order chi connectivity index (χ0) is 5.86. The Hall–Kier alpha value is 0.960. The molecule has 0 amide bonds. The van der Waals surface area contributed by atoms with Crippen molar-refractivity contribution >= 4 is 31.9 Å². The lowest BCUT2D eigenvalue weighted by Crippen LogP contribution is -1.99. The summed E-state index contributed by atoms with van der Waals surface area (Å²) in [7, 11) is 0. The second-order valence-electron chi connectivity index (χ2n) is 1.72. The van der Waals surface area contributed by atoms with Crippen LogP contribution in [0.4, 0.5) is 0 Å². The van der Waals surface area contributed by atoms with Gasteiger partial charge in [-0.05, 0) is 5.92 Å². The number of hydrogen-bond donors (Lipinski definition) is 0. The van der Waals surface area contributed by atoms with Crippen molar-refractivity contribution in [2.45, 2.75) is 24.0 Å². The molecule has 7 heavy (non-hydrogen) atoms. The standard InChI is InChI=1S/C5H10Br2/c1-3-4(2)5(6)7/h4-5H,3H2,1-2H3/t4-/m1/s1. The van der Waals surface area contributed by atoms with Crippen LogP contribution >= 0.6 is 31.9 Å². The maximum Gasteiger partial charge on any atom is 0.0723 e. The fourth-order valence-corrected chi connectivity index (χ4v) is 0.926. The lowest BCUT2D eigenvalue weighted by atomic mass is 10.2. The molecule has 0 aliphatic rings. The first-order valence-corrected chi connectivity index (χ1v) is 4.29. The first-order valence-electron chi connectivity index (χ1n) is 2.46. The van der Waals surface area contributed by atoms with Crippen LogP contribution in [0, 0.1) is 5.92 Å². The van der Waals surface area contributed by atoms with Crippen molar-refractivity contribution in [3.8, 4) is 0 Å². The van der Waals surface area contributed by atoms with Gasteiger partial charge in [-0.3, -0.25) is 0 Å². The van der Waals surface area contributed by atoms with Gasteiger partial charge in [-0.25, -0.2) is 0 Å². The van der Waals surface area contributed by atoms with E-state index < -0.39 is 0 Å². The van der Waals surface area contributed by atoms with Crippen molar-refractivity contribution in [2.75, 3.05) is 0 Å². The summed E-state index contributed by atoms with van der Waals surface area (Å²) in [4.78, 5) is 0. The van der Waals surface area contributed by atoms with Gasteiger partial charge in [0.25, 0.3) is 0 Å². The fraction of sp³-hybridized carbons (Fsp3) is 1.00. The fourth-order valence-electron chi connectivity index (χ4n) is 0.178. The van der Waals surface area contributed by atoms with Crippen LogP contribution in [0.15, 0.2) is 0 Å². The SMILES string of the molecule is CC[C@@H](C)C(Br)Br. The lowest BCUT2D eigenvalue weighted by Gasteiger charge is -2.06. The van der Waals surface area contributed by atoms with E-state index in [1.165, 1.54) is 6.42 Å². The normalized spacial score (nSPS) is 15.0. The molecular formula is C5H10Br2. The Balaban J connectivity index is 3.14. The molecule has 0 heterocycles. The van der Waals surface area contributed by atoms with Crippen LogP contribution in [-0.2, 0) is 0 Å². The average molecular weight is 230 g/mol. The van der Waals surface area contributed by atoms with Crippen molar-refractivity contribution in [1.82, 2.24) is 0 Å². The van der Waals surface area contributed by atoms with Gasteiger partial charge < -0.3 is 0 Å². The average Bonchev–Trinajstić information content (AvgIpc) is 1.65. The van der Waals surface area contributed by atoms with Crippen LogP contribution in [0.3, 0.4) is 0 Å². The van der Waals surface area contributed by atoms with Crippen molar-refractivity contribution in [2.24, 2.45) is 5.92 Å². The molecule has 0 bridgehead atoms. The smallest absolute Gasteiger partial charge is 0.0723 e. The molecule has 44 valence electrons. The highest BCUT2D eigenvalue weighted by Gasteiger charge is 2.05. The highest BCUT2D eigenvalue weighted by molar-refractivity contribution is 9.24. The number of halogens is 2. The van der Waals surface area contributed by atoms with E-state index in [0.717, 1.165) is 5.92 Å². The summed E-state index contributed by atoms with van der Waals surface area (Å²) < 4.78 is 0.491. The van der Waals surface area contributed by atoms with E-state index in [9.17, 15) is 0 Å². The molecule has 0 spiro atoms. The van der Waals surface area contributed by atoms with Crippen LogP contribution in [-0.4, -0.2) is 3.74 Å². The van der Waals surface area contributed by atoms with Gasteiger partial charge in [0.1, 0.15) is 0 Å². The van der Waals surface area contributed by atoms with Crippen molar-refractivity contribution in [3.63, 3.8) is 0 Å². The van der Waals surface area contributed by atoms with Crippen molar-refractivity contribution in [1.29, 1.82) is 0 Å². The van der Waals surface area contributed by atoms with Gasteiger partial charge in [0, 0.05) is 0 Å². The maximum absolute atomic E-state index is 3.42. The second-order valence-corrected chi connectivity index (χ2v) is 4.92. The van der Waals surface area contributed by atoms with Gasteiger partial charge >= 0.3 is 0 Å². The largest absolute Gasteiger partial charge is 0.0762 e. The zero-order valence-corrected chi connectivity index (χ0v) is 7.79. The molecule has 0 fully saturated rings. The van der Waals surface area contributed by atoms with Crippen LogP contribution in [0.2, 0.25) is 0 Å². The van der Waals surface area contributed by atoms with E-state index >= 15 is 0 Å². The van der Waals surface area contributed by atoms with Gasteiger partial charge in [0.05, 0.1) is 3.74 Å². The summed E-state index contributed by atoms with van der Waals surface area (Å²) in [6.07, 6.45) is 1.22. The van der Waals surface area contributed by atoms with E-state index in [2.05, 4.69) is 45.7 Å². The van der Waals surface area contributed by atoms with Crippen molar-refractivity contribution in [3.05, 3.63) is 0 Å². The first-order chi connectivity index (χ1) is 3.18. The van der Waals surface area contributed by atoms with E-state index in [-0.39, 0.29) is 0 Å². The molecule has 0 unspecified atom stereocenters. The molecule has 0 aromatic rings. The Morgan fingerprint density at radius 2 is 1.86 bits per heavy atom. The molecule has 0 radical (unpaired) electrons. The first kappa shape index (κ1) is 7.96. The molecule has 0 aromatic carbocycles. The quantitative estimate of drug-likeness (QED) is 0.639. The van der Waals surface area contributed by atoms with E-state index in [4.69, 9.17) is 0 Å². The number of rotatable bonds is 2. The zero-order valence-electron chi connectivity index (χ0n) is 4.62. The Bertz CT molecular complexity index is 43.3. The Morgan fingerprint density at radius 3 is 1.86 bits per heavy atom. The topological polar surface area (TPSA) is 0 Å². The molecule has 2 heteroatoms. The predicted molar refractivity (Wildman–Crippen MR) is 41.1 cm³/mol. The molecule has 0 saturated heterocycles. The Kier molecular flexibility index (Phi) is 4.44. The minimum atomic E-state index is 0.491. The molecular weight excluding hydrogens is 220 g/mol. The van der Waals surface area contributed by atoms with Crippen LogP contribution in [0.5, 0.6) is 0 Å². The molecule has 0 saturated carbocycles. The second kappa shape index (κ2) is 3.90. The van der Waals surface area contributed by atoms with Gasteiger partial charge in [-0.1, -0.05) is 52.1 Å². The molecule has 1 atom stereocenters. The van der Waals surface area contributed by atoms with Crippen LogP contribution in [0.1, 0.15) is 20.3 Å². The van der Waals surface area contributed by atoms with E-state index in [1.54, 1.807) is 0 Å². The minimum absolute atomic E-state index is 0.491. The summed E-state index contributed by atoms with van der Waals surface area (Å²) in [5.41, 5.74) is 0. The third-order valence-corrected chi connectivity index (χ3v) is 2.88. The molecule has 0 aromatic heterocycles. The third-order valence-electron chi connectivity index (χ3n) is 1.07. The van der Waals surface area contributed by atoms with Crippen molar-refractivity contribution < 1.29 is 0 Å². The van der Waals surface area contributed by atoms with Gasteiger partial charge in [0.2, 0.25) is 0 Å². The molecule has 0 nitrogen and oxygen atoms in total. The summed E-state index contributed by atoms with van der Waals surface area (Å²) >= 11 is 6.83. The highest BCUT2D eigenvalue weighted by atomic mass is 79.9. The minimum Gasteiger partial charge on any atom is -0.0762 e. The molecule has 0 N–H and O–H groups in total. The van der Waals surface area contributed by atoms with Gasteiger partial charge in [0.15, 0.2) is 0 Å². The monoisotopic (exact) mass is 228 g/mol. The summed E-state index contributed by atoms with van der Waals surface area (Å²) in [6, 6.07) is 0. The van der Waals surface area contributed by atoms with Crippen LogP contribution in [0.25, 0.3) is 0 Å².